The van der Waals surface area contributed by atoms with Crippen LogP contribution in [0.2, 0.25) is 0 Å². The van der Waals surface area contributed by atoms with E-state index in [0.29, 0.717) is 17.2 Å². The van der Waals surface area contributed by atoms with Crippen LogP contribution < -0.4 is 20.1 Å². The number of amides is 1. The van der Waals surface area contributed by atoms with Crippen molar-refractivity contribution in [1.29, 1.82) is 0 Å². The summed E-state index contributed by atoms with van der Waals surface area (Å²) in [7, 11) is -3.84. The van der Waals surface area contributed by atoms with Crippen molar-refractivity contribution in [2.24, 2.45) is 0 Å². The molecule has 3 N–H and O–H groups in total. The highest BCUT2D eigenvalue weighted by Crippen LogP contribution is 2.33. The number of sulfonamides is 1. The highest BCUT2D eigenvalue weighted by molar-refractivity contribution is 9.10. The zero-order chi connectivity index (χ0) is 25.0. The van der Waals surface area contributed by atoms with Crippen LogP contribution in [0.5, 0.6) is 5.75 Å². The number of aryl methyl sites for hydroxylation is 1. The van der Waals surface area contributed by atoms with Crippen molar-refractivity contribution in [2.45, 2.75) is 11.8 Å². The number of ether oxygens (including phenoxy) is 1. The maximum Gasteiger partial charge on any atom is 0.264 e. The minimum Gasteiger partial charge on any atom is -0.483 e. The van der Waals surface area contributed by atoms with Gasteiger partial charge in [0.25, 0.3) is 15.9 Å². The lowest BCUT2D eigenvalue weighted by Crippen LogP contribution is -2.37. The topological polar surface area (TPSA) is 123 Å². The monoisotopic (exact) mass is 574 g/mol. The smallest absolute Gasteiger partial charge is 0.264 e. The summed E-state index contributed by atoms with van der Waals surface area (Å²) in [5.41, 5.74) is 0.490. The second-order valence-corrected chi connectivity index (χ2v) is 10.2. The fourth-order valence-corrected chi connectivity index (χ4v) is 4.95. The summed E-state index contributed by atoms with van der Waals surface area (Å²) >= 11 is 8.69. The number of nitrogens with zero attached hydrogens (tertiary/aromatic N) is 1. The van der Waals surface area contributed by atoms with Crippen molar-refractivity contribution >= 4 is 71.5 Å². The lowest BCUT2D eigenvalue weighted by Gasteiger charge is -2.12. The zero-order valence-corrected chi connectivity index (χ0v) is 21.5. The number of nitrogens with one attached hydrogen (secondary N) is 3. The van der Waals surface area contributed by atoms with Gasteiger partial charge in [-0.1, -0.05) is 35.5 Å². The minimum absolute atomic E-state index is 0.0213. The lowest BCUT2D eigenvalue weighted by molar-refractivity contribution is -0.121. The van der Waals surface area contributed by atoms with Gasteiger partial charge in [0.1, 0.15) is 11.5 Å². The molecule has 1 heterocycles. The number of carbonyl (C=O) groups excluding carboxylic acids is 1. The highest BCUT2D eigenvalue weighted by atomic mass is 79.9. The van der Waals surface area contributed by atoms with Gasteiger partial charge >= 0.3 is 0 Å². The Morgan fingerprint density at radius 2 is 1.86 bits per heavy atom. The van der Waals surface area contributed by atoms with E-state index in [1.807, 2.05) is 30.3 Å². The predicted octanol–water partition coefficient (Wildman–Crippen LogP) is 4.59. The van der Waals surface area contributed by atoms with Gasteiger partial charge in [-0.2, -0.15) is 0 Å². The Balaban J connectivity index is 1.30. The molecule has 9 nitrogen and oxygen atoms in total. The van der Waals surface area contributed by atoms with Gasteiger partial charge in [-0.05, 0) is 76.2 Å². The van der Waals surface area contributed by atoms with Crippen molar-refractivity contribution in [3.8, 4) is 5.75 Å². The third-order valence-corrected chi connectivity index (χ3v) is 7.12. The van der Waals surface area contributed by atoms with Crippen LogP contribution in [0.3, 0.4) is 0 Å². The first-order valence-electron chi connectivity index (χ1n) is 10.2. The molecule has 12 heteroatoms. The lowest BCUT2D eigenvalue weighted by atomic mass is 10.1. The van der Waals surface area contributed by atoms with E-state index in [1.165, 1.54) is 30.3 Å². The van der Waals surface area contributed by atoms with Crippen molar-refractivity contribution in [1.82, 2.24) is 10.5 Å². The second-order valence-electron chi connectivity index (χ2n) is 7.34. The number of hydrogen-bond donors (Lipinski definition) is 3. The summed E-state index contributed by atoms with van der Waals surface area (Å²) in [6, 6.07) is 18.8. The summed E-state index contributed by atoms with van der Waals surface area (Å²) < 4.78 is 38.5. The number of aromatic nitrogens is 1. The minimum atomic E-state index is -3.84. The third kappa shape index (κ3) is 6.15. The van der Waals surface area contributed by atoms with E-state index in [9.17, 15) is 13.2 Å². The summed E-state index contributed by atoms with van der Waals surface area (Å²) in [6.45, 7) is 1.41. The van der Waals surface area contributed by atoms with E-state index >= 15 is 0 Å². The number of halogens is 1. The molecular weight excluding hydrogens is 556 g/mol. The summed E-state index contributed by atoms with van der Waals surface area (Å²) in [5.74, 6) is 0.650. The van der Waals surface area contributed by atoms with Crippen LogP contribution in [-0.4, -0.2) is 31.2 Å². The maximum absolute atomic E-state index is 12.5. The quantitative estimate of drug-likeness (QED) is 0.274. The SMILES string of the molecule is Cc1cc(NS(=O)(=O)c2ccc(NC(=S)NC(=O)COc3ccc4ccccc4c3Br)cc2)no1. The summed E-state index contributed by atoms with van der Waals surface area (Å²) in [5, 5.41) is 11.0. The van der Waals surface area contributed by atoms with E-state index in [0.717, 1.165) is 15.2 Å². The van der Waals surface area contributed by atoms with Crippen LogP contribution in [0.15, 0.2) is 80.6 Å². The summed E-state index contributed by atoms with van der Waals surface area (Å²) in [4.78, 5) is 12.3. The fraction of sp³-hybridized carbons (Fsp3) is 0.0870. The van der Waals surface area contributed by atoms with Crippen LogP contribution in [0.25, 0.3) is 10.8 Å². The molecule has 4 aromatic rings. The van der Waals surface area contributed by atoms with Gasteiger partial charge in [0.2, 0.25) is 0 Å². The number of anilines is 2. The predicted molar refractivity (Wildman–Crippen MR) is 140 cm³/mol. The van der Waals surface area contributed by atoms with Crippen LogP contribution >= 0.6 is 28.1 Å². The number of rotatable bonds is 7. The first-order chi connectivity index (χ1) is 16.7. The van der Waals surface area contributed by atoms with Crippen molar-refractivity contribution in [2.75, 3.05) is 16.6 Å². The summed E-state index contributed by atoms with van der Waals surface area (Å²) in [6.07, 6.45) is 0. The highest BCUT2D eigenvalue weighted by Gasteiger charge is 2.16. The Bertz CT molecular complexity index is 1500. The van der Waals surface area contributed by atoms with E-state index in [4.69, 9.17) is 21.5 Å². The Hall–Kier alpha value is -3.48. The Morgan fingerprint density at radius 3 is 2.57 bits per heavy atom. The van der Waals surface area contributed by atoms with Crippen molar-refractivity contribution in [3.05, 3.63) is 77.0 Å². The molecular formula is C23H19BrN4O5S2. The normalized spacial score (nSPS) is 11.1. The molecule has 0 aliphatic heterocycles. The number of thiocarbonyl (C=S) groups is 1. The molecule has 0 atom stereocenters. The molecule has 0 saturated heterocycles. The first kappa shape index (κ1) is 24.6. The van der Waals surface area contributed by atoms with Crippen LogP contribution in [0.1, 0.15) is 5.76 Å². The van der Waals surface area contributed by atoms with Crippen molar-refractivity contribution in [3.63, 3.8) is 0 Å². The third-order valence-electron chi connectivity index (χ3n) is 4.73. The van der Waals surface area contributed by atoms with Gasteiger partial charge in [0.15, 0.2) is 17.5 Å². The number of fused-ring (bicyclic) bond motifs is 1. The second kappa shape index (κ2) is 10.4. The zero-order valence-electron chi connectivity index (χ0n) is 18.2. The molecule has 0 aliphatic carbocycles. The van der Waals surface area contributed by atoms with E-state index < -0.39 is 15.9 Å². The largest absolute Gasteiger partial charge is 0.483 e. The Morgan fingerprint density at radius 1 is 1.11 bits per heavy atom. The molecule has 0 saturated carbocycles. The van der Waals surface area contributed by atoms with Gasteiger partial charge in [-0.3, -0.25) is 14.8 Å². The number of hydrogen-bond acceptors (Lipinski definition) is 7. The molecule has 35 heavy (non-hydrogen) atoms. The average Bonchev–Trinajstić information content (AvgIpc) is 3.22. The molecule has 0 unspecified atom stereocenters. The van der Waals surface area contributed by atoms with Gasteiger partial charge < -0.3 is 14.6 Å². The van der Waals surface area contributed by atoms with Crippen molar-refractivity contribution < 1.29 is 22.5 Å². The van der Waals surface area contributed by atoms with Gasteiger partial charge in [-0.15, -0.1) is 0 Å². The molecule has 1 aromatic heterocycles. The average molecular weight is 575 g/mol. The molecule has 0 spiro atoms. The van der Waals surface area contributed by atoms with Gasteiger partial charge in [-0.25, -0.2) is 8.42 Å². The standard InChI is InChI=1S/C23H19BrN4O5S2/c1-14-12-20(27-33-14)28-35(30,31)17-9-7-16(8-10-17)25-23(34)26-21(29)13-32-19-11-6-15-4-2-3-5-18(15)22(19)24/h2-12H,13H2,1H3,(H,27,28)(H2,25,26,29,34). The van der Waals surface area contributed by atoms with Crippen LogP contribution in [0, 0.1) is 6.92 Å². The van der Waals surface area contributed by atoms with Crippen LogP contribution in [0.4, 0.5) is 11.5 Å². The number of carbonyl (C=O) groups is 1. The Kier molecular flexibility index (Phi) is 7.34. The molecule has 3 aromatic carbocycles. The molecule has 1 amide bonds. The molecule has 180 valence electrons. The molecule has 0 radical (unpaired) electrons. The number of benzene rings is 3. The Labute approximate surface area is 215 Å². The van der Waals surface area contributed by atoms with E-state index in [1.54, 1.807) is 13.0 Å². The van der Waals surface area contributed by atoms with E-state index in [2.05, 4.69) is 36.4 Å². The van der Waals surface area contributed by atoms with Gasteiger partial charge in [0.05, 0.1) is 9.37 Å². The van der Waals surface area contributed by atoms with Crippen LogP contribution in [-0.2, 0) is 14.8 Å². The molecule has 0 fully saturated rings. The maximum atomic E-state index is 12.5. The van der Waals surface area contributed by atoms with E-state index in [-0.39, 0.29) is 22.4 Å². The molecule has 4 rings (SSSR count). The van der Waals surface area contributed by atoms with Gasteiger partial charge in [0, 0.05) is 11.8 Å². The fourth-order valence-electron chi connectivity index (χ4n) is 3.12. The molecule has 0 aliphatic rings. The first-order valence-corrected chi connectivity index (χ1v) is 12.9. The molecule has 0 bridgehead atoms.